The van der Waals surface area contributed by atoms with Crippen molar-refractivity contribution < 1.29 is 9.59 Å². The van der Waals surface area contributed by atoms with E-state index in [0.29, 0.717) is 12.4 Å². The number of nitriles is 1. The highest BCUT2D eigenvalue weighted by atomic mass is 79.9. The third kappa shape index (κ3) is 4.36. The highest BCUT2D eigenvalue weighted by Crippen LogP contribution is 2.40. The minimum absolute atomic E-state index is 0.00171. The minimum Gasteiger partial charge on any atom is -0.341 e. The van der Waals surface area contributed by atoms with Gasteiger partial charge < -0.3 is 14.7 Å². The molecule has 1 aromatic carbocycles. The van der Waals surface area contributed by atoms with Crippen molar-refractivity contribution in [3.63, 3.8) is 0 Å². The predicted molar refractivity (Wildman–Crippen MR) is 119 cm³/mol. The SMILES string of the molecule is CN(Cc1ccc(Br)s1)C(=O)CCC(=O)C(C#N)=C1N(C)c2ccccc2N1C. The average Bonchev–Trinajstić information content (AvgIpc) is 3.23. The molecule has 8 heteroatoms. The first-order valence-electron chi connectivity index (χ1n) is 9.05. The van der Waals surface area contributed by atoms with Crippen LogP contribution in [0.2, 0.25) is 0 Å². The van der Waals surface area contributed by atoms with Gasteiger partial charge in [-0.15, -0.1) is 11.3 Å². The normalized spacial score (nSPS) is 12.6. The number of carbonyl (C=O) groups is 2. The number of anilines is 2. The Labute approximate surface area is 182 Å². The summed E-state index contributed by atoms with van der Waals surface area (Å²) in [6.07, 6.45) is 0.0719. The molecule has 2 aromatic rings. The number of rotatable bonds is 6. The van der Waals surface area contributed by atoms with E-state index in [1.54, 1.807) is 23.3 Å². The lowest BCUT2D eigenvalue weighted by molar-refractivity contribution is -0.132. The highest BCUT2D eigenvalue weighted by Gasteiger charge is 2.31. The number of hydrogen-bond acceptors (Lipinski definition) is 6. The number of allylic oxidation sites excluding steroid dienone is 1. The van der Waals surface area contributed by atoms with Crippen LogP contribution in [0.3, 0.4) is 0 Å². The van der Waals surface area contributed by atoms with Crippen LogP contribution in [-0.4, -0.2) is 37.7 Å². The van der Waals surface area contributed by atoms with Crippen molar-refractivity contribution >= 4 is 50.3 Å². The molecule has 0 aliphatic carbocycles. The summed E-state index contributed by atoms with van der Waals surface area (Å²) >= 11 is 4.98. The number of benzene rings is 1. The second kappa shape index (κ2) is 8.80. The maximum absolute atomic E-state index is 12.8. The molecule has 29 heavy (non-hydrogen) atoms. The minimum atomic E-state index is -0.324. The summed E-state index contributed by atoms with van der Waals surface area (Å²) in [7, 11) is 5.39. The van der Waals surface area contributed by atoms with Gasteiger partial charge in [-0.2, -0.15) is 5.26 Å². The molecule has 150 valence electrons. The van der Waals surface area contributed by atoms with E-state index in [9.17, 15) is 14.9 Å². The molecular weight excluding hydrogens is 452 g/mol. The number of halogens is 1. The Morgan fingerprint density at radius 3 is 2.24 bits per heavy atom. The molecule has 0 spiro atoms. The van der Waals surface area contributed by atoms with Gasteiger partial charge in [-0.25, -0.2) is 0 Å². The number of amides is 1. The summed E-state index contributed by atoms with van der Waals surface area (Å²) in [5.41, 5.74) is 1.94. The van der Waals surface area contributed by atoms with Crippen LogP contribution in [0.5, 0.6) is 0 Å². The van der Waals surface area contributed by atoms with Gasteiger partial charge in [-0.05, 0) is 40.2 Å². The lowest BCUT2D eigenvalue weighted by Crippen LogP contribution is -2.28. The van der Waals surface area contributed by atoms with Crippen LogP contribution < -0.4 is 9.80 Å². The van der Waals surface area contributed by atoms with Gasteiger partial charge in [0.25, 0.3) is 0 Å². The Morgan fingerprint density at radius 2 is 1.72 bits per heavy atom. The number of fused-ring (bicyclic) bond motifs is 1. The molecule has 0 unspecified atom stereocenters. The summed E-state index contributed by atoms with van der Waals surface area (Å²) in [6.45, 7) is 0.496. The standard InChI is InChI=1S/C21H21BrN4O2S/c1-24(13-14-8-10-19(22)29-14)20(28)11-9-18(27)15(12-23)21-25(2)16-6-4-5-7-17(16)26(21)3/h4-8,10H,9,11,13H2,1-3H3. The van der Waals surface area contributed by atoms with Crippen molar-refractivity contribution in [2.75, 3.05) is 30.9 Å². The summed E-state index contributed by atoms with van der Waals surface area (Å²) in [4.78, 5) is 31.6. The van der Waals surface area contributed by atoms with Crippen molar-refractivity contribution in [3.05, 3.63) is 56.5 Å². The molecule has 1 aromatic heterocycles. The monoisotopic (exact) mass is 472 g/mol. The molecule has 0 bridgehead atoms. The molecule has 0 saturated heterocycles. The van der Waals surface area contributed by atoms with E-state index in [1.807, 2.05) is 60.3 Å². The van der Waals surface area contributed by atoms with Gasteiger partial charge in [0.2, 0.25) is 5.91 Å². The predicted octanol–water partition coefficient (Wildman–Crippen LogP) is 4.14. The topological polar surface area (TPSA) is 67.6 Å². The Balaban J connectivity index is 1.68. The van der Waals surface area contributed by atoms with E-state index in [4.69, 9.17) is 0 Å². The van der Waals surface area contributed by atoms with E-state index in [-0.39, 0.29) is 30.1 Å². The number of hydrogen-bond donors (Lipinski definition) is 0. The number of thiophene rings is 1. The van der Waals surface area contributed by atoms with Gasteiger partial charge in [0.15, 0.2) is 5.78 Å². The fourth-order valence-electron chi connectivity index (χ4n) is 3.35. The second-order valence-electron chi connectivity index (χ2n) is 6.80. The molecule has 0 atom stereocenters. The van der Waals surface area contributed by atoms with E-state index in [1.165, 1.54) is 0 Å². The smallest absolute Gasteiger partial charge is 0.223 e. The summed E-state index contributed by atoms with van der Waals surface area (Å²) in [5.74, 6) is 0.0964. The van der Waals surface area contributed by atoms with E-state index in [0.717, 1.165) is 20.0 Å². The number of Topliss-reactive ketones (excluding diaryl/α,β-unsaturated/α-hetero) is 1. The molecule has 1 amide bonds. The van der Waals surface area contributed by atoms with Crippen molar-refractivity contribution in [1.29, 1.82) is 5.26 Å². The summed E-state index contributed by atoms with van der Waals surface area (Å²) in [5, 5.41) is 9.66. The van der Waals surface area contributed by atoms with Crippen molar-refractivity contribution in [1.82, 2.24) is 4.90 Å². The zero-order valence-electron chi connectivity index (χ0n) is 16.5. The van der Waals surface area contributed by atoms with Gasteiger partial charge >= 0.3 is 0 Å². The Kier molecular flexibility index (Phi) is 6.40. The van der Waals surface area contributed by atoms with Gasteiger partial charge in [0, 0.05) is 38.9 Å². The van der Waals surface area contributed by atoms with E-state index < -0.39 is 0 Å². The summed E-state index contributed by atoms with van der Waals surface area (Å²) < 4.78 is 1.01. The second-order valence-corrected chi connectivity index (χ2v) is 9.34. The van der Waals surface area contributed by atoms with Crippen molar-refractivity contribution in [3.8, 4) is 6.07 Å². The van der Waals surface area contributed by atoms with Crippen molar-refractivity contribution in [2.45, 2.75) is 19.4 Å². The maximum Gasteiger partial charge on any atom is 0.223 e. The van der Waals surface area contributed by atoms with Crippen LogP contribution in [-0.2, 0) is 16.1 Å². The first kappa shape index (κ1) is 21.1. The third-order valence-corrected chi connectivity index (χ3v) is 6.48. The Hall–Kier alpha value is -2.63. The Bertz CT molecular complexity index is 993. The van der Waals surface area contributed by atoms with Gasteiger partial charge in [0.05, 0.1) is 21.7 Å². The summed E-state index contributed by atoms with van der Waals surface area (Å²) in [6, 6.07) is 13.7. The zero-order chi connectivity index (χ0) is 21.1. The van der Waals surface area contributed by atoms with E-state index >= 15 is 0 Å². The first-order chi connectivity index (χ1) is 13.8. The number of para-hydroxylation sites is 2. The molecule has 2 heterocycles. The van der Waals surface area contributed by atoms with Gasteiger partial charge in [-0.1, -0.05) is 12.1 Å². The van der Waals surface area contributed by atoms with Crippen LogP contribution in [0.4, 0.5) is 11.4 Å². The number of carbonyl (C=O) groups excluding carboxylic acids is 2. The molecule has 6 nitrogen and oxygen atoms in total. The van der Waals surface area contributed by atoms with E-state index in [2.05, 4.69) is 22.0 Å². The molecule has 1 aliphatic heterocycles. The Morgan fingerprint density at radius 1 is 1.10 bits per heavy atom. The van der Waals surface area contributed by atoms with Crippen LogP contribution >= 0.6 is 27.3 Å². The van der Waals surface area contributed by atoms with Gasteiger partial charge in [0.1, 0.15) is 17.5 Å². The van der Waals surface area contributed by atoms with Gasteiger partial charge in [-0.3, -0.25) is 9.59 Å². The third-order valence-electron chi connectivity index (χ3n) is 4.87. The molecule has 0 radical (unpaired) electrons. The fourth-order valence-corrected chi connectivity index (χ4v) is 4.89. The number of nitrogens with zero attached hydrogens (tertiary/aromatic N) is 4. The maximum atomic E-state index is 12.8. The highest BCUT2D eigenvalue weighted by molar-refractivity contribution is 9.11. The average molecular weight is 473 g/mol. The van der Waals surface area contributed by atoms with Crippen molar-refractivity contribution in [2.24, 2.45) is 0 Å². The molecule has 0 saturated carbocycles. The lowest BCUT2D eigenvalue weighted by Gasteiger charge is -2.20. The fraction of sp³-hybridized carbons (Fsp3) is 0.286. The zero-order valence-corrected chi connectivity index (χ0v) is 18.9. The van der Waals surface area contributed by atoms with Crippen LogP contribution in [0.15, 0.2) is 51.6 Å². The molecule has 3 rings (SSSR count). The molecule has 1 aliphatic rings. The van der Waals surface area contributed by atoms with Crippen LogP contribution in [0.25, 0.3) is 0 Å². The van der Waals surface area contributed by atoms with Crippen LogP contribution in [0, 0.1) is 11.3 Å². The largest absolute Gasteiger partial charge is 0.341 e. The molecular formula is C21H21BrN4O2S. The number of ketones is 1. The first-order valence-corrected chi connectivity index (χ1v) is 10.7. The quantitative estimate of drug-likeness (QED) is 0.466. The van der Waals surface area contributed by atoms with Crippen LogP contribution in [0.1, 0.15) is 17.7 Å². The lowest BCUT2D eigenvalue weighted by atomic mass is 10.1. The molecule has 0 N–H and O–H groups in total. The molecule has 0 fully saturated rings.